The molecule has 3 rings (SSSR count). The summed E-state index contributed by atoms with van der Waals surface area (Å²) >= 11 is 0. The van der Waals surface area contributed by atoms with Crippen molar-refractivity contribution in [2.45, 2.75) is 18.8 Å². The Morgan fingerprint density at radius 2 is 2.00 bits per heavy atom. The minimum atomic E-state index is -0.159. The standard InChI is InChI=1S/C17H16O3/c1-19-13-9-7-12(8-10-13)15-11-17(18)20-16-6-4-2-3-5-14(15)16/h2-5,7-10,15H,6,11H2,1H3. The highest BCUT2D eigenvalue weighted by Crippen LogP contribution is 2.38. The van der Waals surface area contributed by atoms with E-state index in [4.69, 9.17) is 9.47 Å². The maximum absolute atomic E-state index is 11.8. The van der Waals surface area contributed by atoms with E-state index in [1.807, 2.05) is 48.6 Å². The van der Waals surface area contributed by atoms with E-state index in [1.165, 1.54) is 0 Å². The molecule has 0 radical (unpaired) electrons. The van der Waals surface area contributed by atoms with Crippen LogP contribution < -0.4 is 4.74 Å². The van der Waals surface area contributed by atoms with Gasteiger partial charge in [0.1, 0.15) is 11.5 Å². The minimum Gasteiger partial charge on any atom is -0.497 e. The summed E-state index contributed by atoms with van der Waals surface area (Å²) in [5.74, 6) is 1.49. The Bertz CT molecular complexity index is 606. The Morgan fingerprint density at radius 3 is 2.75 bits per heavy atom. The van der Waals surface area contributed by atoms with Crippen molar-refractivity contribution < 1.29 is 14.3 Å². The van der Waals surface area contributed by atoms with Crippen LogP contribution in [0.4, 0.5) is 0 Å². The van der Waals surface area contributed by atoms with Crippen molar-refractivity contribution in [3.63, 3.8) is 0 Å². The Labute approximate surface area is 118 Å². The molecule has 0 spiro atoms. The lowest BCUT2D eigenvalue weighted by Crippen LogP contribution is -2.19. The van der Waals surface area contributed by atoms with Gasteiger partial charge in [0.15, 0.2) is 0 Å². The first-order valence-electron chi connectivity index (χ1n) is 6.69. The number of carbonyl (C=O) groups is 1. The second-order valence-electron chi connectivity index (χ2n) is 4.87. The molecule has 2 aliphatic rings. The predicted octanol–water partition coefficient (Wildman–Crippen LogP) is 3.50. The van der Waals surface area contributed by atoms with E-state index in [9.17, 15) is 4.79 Å². The number of ether oxygens (including phenoxy) is 2. The number of esters is 1. The van der Waals surface area contributed by atoms with Gasteiger partial charge >= 0.3 is 5.97 Å². The number of carbonyl (C=O) groups excluding carboxylic acids is 1. The molecule has 1 aliphatic carbocycles. The molecular weight excluding hydrogens is 252 g/mol. The molecule has 0 aromatic heterocycles. The summed E-state index contributed by atoms with van der Waals surface area (Å²) in [7, 11) is 1.65. The summed E-state index contributed by atoms with van der Waals surface area (Å²) in [6.45, 7) is 0. The highest BCUT2D eigenvalue weighted by atomic mass is 16.5. The van der Waals surface area contributed by atoms with E-state index in [2.05, 4.69) is 0 Å². The van der Waals surface area contributed by atoms with E-state index in [0.717, 1.165) is 22.6 Å². The smallest absolute Gasteiger partial charge is 0.311 e. The van der Waals surface area contributed by atoms with Crippen LogP contribution in [0.5, 0.6) is 5.75 Å². The van der Waals surface area contributed by atoms with Crippen molar-refractivity contribution in [1.82, 2.24) is 0 Å². The molecule has 102 valence electrons. The lowest BCUT2D eigenvalue weighted by molar-refractivity contribution is -0.141. The lowest BCUT2D eigenvalue weighted by Gasteiger charge is -2.25. The molecule has 1 heterocycles. The number of benzene rings is 1. The molecule has 1 unspecified atom stereocenters. The van der Waals surface area contributed by atoms with Crippen LogP contribution in [0.15, 0.2) is 59.9 Å². The molecule has 0 N–H and O–H groups in total. The molecule has 1 aliphatic heterocycles. The first-order valence-corrected chi connectivity index (χ1v) is 6.69. The Hall–Kier alpha value is -2.29. The molecule has 3 nitrogen and oxygen atoms in total. The van der Waals surface area contributed by atoms with Gasteiger partial charge in [-0.3, -0.25) is 4.79 Å². The molecular formula is C17H16O3. The normalized spacial score (nSPS) is 21.2. The van der Waals surface area contributed by atoms with Gasteiger partial charge < -0.3 is 9.47 Å². The zero-order valence-corrected chi connectivity index (χ0v) is 11.3. The van der Waals surface area contributed by atoms with Gasteiger partial charge in [0.05, 0.1) is 13.5 Å². The maximum atomic E-state index is 11.8. The lowest BCUT2D eigenvalue weighted by atomic mass is 9.85. The Kier molecular flexibility index (Phi) is 3.42. The largest absolute Gasteiger partial charge is 0.497 e. The number of allylic oxidation sites excluding steroid dienone is 5. The van der Waals surface area contributed by atoms with Gasteiger partial charge in [-0.15, -0.1) is 0 Å². The molecule has 1 aromatic rings. The van der Waals surface area contributed by atoms with Crippen molar-refractivity contribution in [2.24, 2.45) is 0 Å². The van der Waals surface area contributed by atoms with E-state index in [0.29, 0.717) is 12.8 Å². The van der Waals surface area contributed by atoms with Crippen LogP contribution in [-0.2, 0) is 9.53 Å². The van der Waals surface area contributed by atoms with Gasteiger partial charge in [-0.1, -0.05) is 36.4 Å². The molecule has 1 atom stereocenters. The molecule has 0 amide bonds. The summed E-state index contributed by atoms with van der Waals surface area (Å²) in [4.78, 5) is 11.8. The maximum Gasteiger partial charge on any atom is 0.311 e. The summed E-state index contributed by atoms with van der Waals surface area (Å²) < 4.78 is 10.6. The van der Waals surface area contributed by atoms with Crippen LogP contribution in [-0.4, -0.2) is 13.1 Å². The van der Waals surface area contributed by atoms with E-state index >= 15 is 0 Å². The van der Waals surface area contributed by atoms with Crippen LogP contribution in [0.25, 0.3) is 0 Å². The average Bonchev–Trinajstić information content (AvgIpc) is 2.71. The minimum absolute atomic E-state index is 0.0632. The first-order chi connectivity index (χ1) is 9.78. The second-order valence-corrected chi connectivity index (χ2v) is 4.87. The highest BCUT2D eigenvalue weighted by molar-refractivity contribution is 5.75. The summed E-state index contributed by atoms with van der Waals surface area (Å²) in [6, 6.07) is 7.88. The molecule has 0 saturated heterocycles. The average molecular weight is 268 g/mol. The van der Waals surface area contributed by atoms with Crippen LogP contribution in [0.1, 0.15) is 24.3 Å². The number of hydrogen-bond acceptors (Lipinski definition) is 3. The van der Waals surface area contributed by atoms with Gasteiger partial charge in [0.25, 0.3) is 0 Å². The zero-order valence-electron chi connectivity index (χ0n) is 11.3. The van der Waals surface area contributed by atoms with Gasteiger partial charge in [0.2, 0.25) is 0 Å². The number of hydrogen-bond donors (Lipinski definition) is 0. The van der Waals surface area contributed by atoms with Crippen molar-refractivity contribution in [2.75, 3.05) is 7.11 Å². The fraction of sp³-hybridized carbons (Fsp3) is 0.235. The second kappa shape index (κ2) is 5.37. The van der Waals surface area contributed by atoms with Gasteiger partial charge in [-0.25, -0.2) is 0 Å². The predicted molar refractivity (Wildman–Crippen MR) is 76.4 cm³/mol. The molecule has 3 heteroatoms. The van der Waals surface area contributed by atoms with E-state index in [1.54, 1.807) is 7.11 Å². The van der Waals surface area contributed by atoms with Crippen molar-refractivity contribution in [1.29, 1.82) is 0 Å². The van der Waals surface area contributed by atoms with Gasteiger partial charge in [0, 0.05) is 12.3 Å². The fourth-order valence-electron chi connectivity index (χ4n) is 2.62. The SMILES string of the molecule is COc1ccc(C2CC(=O)OC3=C2C=CC=CC3)cc1. The van der Waals surface area contributed by atoms with Crippen LogP contribution >= 0.6 is 0 Å². The van der Waals surface area contributed by atoms with Crippen LogP contribution in [0.3, 0.4) is 0 Å². The summed E-state index contributed by atoms with van der Waals surface area (Å²) in [6.07, 6.45) is 9.08. The quantitative estimate of drug-likeness (QED) is 0.770. The van der Waals surface area contributed by atoms with Crippen molar-refractivity contribution >= 4 is 5.97 Å². The first kappa shape index (κ1) is 12.7. The molecule has 1 aromatic carbocycles. The third-order valence-electron chi connectivity index (χ3n) is 3.65. The van der Waals surface area contributed by atoms with Crippen LogP contribution in [0.2, 0.25) is 0 Å². The van der Waals surface area contributed by atoms with E-state index < -0.39 is 0 Å². The van der Waals surface area contributed by atoms with Gasteiger partial charge in [-0.2, -0.15) is 0 Å². The number of rotatable bonds is 2. The van der Waals surface area contributed by atoms with Crippen molar-refractivity contribution in [3.8, 4) is 5.75 Å². The summed E-state index contributed by atoms with van der Waals surface area (Å²) in [5.41, 5.74) is 2.21. The highest BCUT2D eigenvalue weighted by Gasteiger charge is 2.29. The van der Waals surface area contributed by atoms with E-state index in [-0.39, 0.29) is 11.9 Å². The van der Waals surface area contributed by atoms with Crippen molar-refractivity contribution in [3.05, 3.63) is 65.5 Å². The zero-order chi connectivity index (χ0) is 13.9. The molecule has 20 heavy (non-hydrogen) atoms. The number of methoxy groups -OCH3 is 1. The Balaban J connectivity index is 1.99. The fourth-order valence-corrected chi connectivity index (χ4v) is 2.62. The monoisotopic (exact) mass is 268 g/mol. The topological polar surface area (TPSA) is 35.5 Å². The third-order valence-corrected chi connectivity index (χ3v) is 3.65. The molecule has 0 saturated carbocycles. The Morgan fingerprint density at radius 1 is 1.20 bits per heavy atom. The third kappa shape index (κ3) is 2.39. The van der Waals surface area contributed by atoms with Crippen LogP contribution in [0, 0.1) is 0 Å². The van der Waals surface area contributed by atoms with Gasteiger partial charge in [-0.05, 0) is 23.3 Å². The molecule has 0 bridgehead atoms. The molecule has 0 fully saturated rings. The summed E-state index contributed by atoms with van der Waals surface area (Å²) in [5, 5.41) is 0.